The number of halogens is 1. The van der Waals surface area contributed by atoms with E-state index in [2.05, 4.69) is 50.3 Å². The van der Waals surface area contributed by atoms with Crippen LogP contribution in [0.15, 0.2) is 29.3 Å². The molecular formula is C18H28IN5. The summed E-state index contributed by atoms with van der Waals surface area (Å²) in [7, 11) is 1.84. The average Bonchev–Trinajstić information content (AvgIpc) is 2.90. The Morgan fingerprint density at radius 1 is 1.25 bits per heavy atom. The number of aromatic nitrogens is 2. The summed E-state index contributed by atoms with van der Waals surface area (Å²) in [6.07, 6.45) is 6.54. The number of nitrogens with zero attached hydrogens (tertiary/aromatic N) is 3. The SMILES string of the molecule is CN=C(NCCn1c(C)nc2ccccc21)NC1CCCCC1.I. The van der Waals surface area contributed by atoms with Gasteiger partial charge in [0.15, 0.2) is 5.96 Å². The van der Waals surface area contributed by atoms with Gasteiger partial charge in [0.1, 0.15) is 5.82 Å². The Balaban J connectivity index is 0.00000208. The highest BCUT2D eigenvalue weighted by Crippen LogP contribution is 2.17. The summed E-state index contributed by atoms with van der Waals surface area (Å²) in [4.78, 5) is 8.97. The molecule has 0 atom stereocenters. The molecule has 132 valence electrons. The Morgan fingerprint density at radius 2 is 2.00 bits per heavy atom. The molecule has 0 spiro atoms. The van der Waals surface area contributed by atoms with E-state index in [1.54, 1.807) is 0 Å². The van der Waals surface area contributed by atoms with Crippen LogP contribution in [-0.4, -0.2) is 35.1 Å². The lowest BCUT2D eigenvalue weighted by Gasteiger charge is -2.25. The second-order valence-electron chi connectivity index (χ2n) is 6.28. The number of fused-ring (bicyclic) bond motifs is 1. The molecule has 0 amide bonds. The number of aliphatic imine (C=N–C) groups is 1. The summed E-state index contributed by atoms with van der Waals surface area (Å²) < 4.78 is 2.26. The van der Waals surface area contributed by atoms with Crippen LogP contribution in [0.5, 0.6) is 0 Å². The van der Waals surface area contributed by atoms with Crippen LogP contribution < -0.4 is 10.6 Å². The van der Waals surface area contributed by atoms with E-state index in [0.29, 0.717) is 6.04 Å². The van der Waals surface area contributed by atoms with Gasteiger partial charge >= 0.3 is 0 Å². The van der Waals surface area contributed by atoms with Gasteiger partial charge in [0.25, 0.3) is 0 Å². The van der Waals surface area contributed by atoms with Gasteiger partial charge in [0.05, 0.1) is 11.0 Å². The van der Waals surface area contributed by atoms with Gasteiger partial charge in [-0.3, -0.25) is 4.99 Å². The summed E-state index contributed by atoms with van der Waals surface area (Å²) in [6.45, 7) is 3.79. The molecule has 0 saturated heterocycles. The number of para-hydroxylation sites is 2. The second-order valence-corrected chi connectivity index (χ2v) is 6.28. The Morgan fingerprint density at radius 3 is 2.75 bits per heavy atom. The first-order valence-corrected chi connectivity index (χ1v) is 8.67. The number of guanidine groups is 1. The van der Waals surface area contributed by atoms with Crippen molar-refractivity contribution in [2.45, 2.75) is 51.6 Å². The van der Waals surface area contributed by atoms with Crippen LogP contribution in [-0.2, 0) is 6.54 Å². The lowest BCUT2D eigenvalue weighted by Crippen LogP contribution is -2.45. The molecule has 0 unspecified atom stereocenters. The van der Waals surface area contributed by atoms with E-state index in [1.165, 1.54) is 37.6 Å². The highest BCUT2D eigenvalue weighted by molar-refractivity contribution is 14.0. The molecule has 2 aromatic rings. The summed E-state index contributed by atoms with van der Waals surface area (Å²) >= 11 is 0. The van der Waals surface area contributed by atoms with E-state index in [9.17, 15) is 0 Å². The summed E-state index contributed by atoms with van der Waals surface area (Å²) in [5.41, 5.74) is 2.26. The Bertz CT molecular complexity index is 673. The molecule has 1 aliphatic carbocycles. The van der Waals surface area contributed by atoms with E-state index < -0.39 is 0 Å². The first-order chi connectivity index (χ1) is 11.3. The van der Waals surface area contributed by atoms with Crippen LogP contribution >= 0.6 is 24.0 Å². The average molecular weight is 441 g/mol. The molecule has 0 aliphatic heterocycles. The first kappa shape index (κ1) is 19.0. The molecule has 3 rings (SSSR count). The molecule has 1 aromatic carbocycles. The van der Waals surface area contributed by atoms with Crippen molar-refractivity contribution < 1.29 is 0 Å². The Hall–Kier alpha value is -1.31. The lowest BCUT2D eigenvalue weighted by atomic mass is 9.96. The third kappa shape index (κ3) is 4.62. The second kappa shape index (κ2) is 9.25. The van der Waals surface area contributed by atoms with Crippen LogP contribution in [0, 0.1) is 6.92 Å². The van der Waals surface area contributed by atoms with Gasteiger partial charge in [-0.1, -0.05) is 31.4 Å². The van der Waals surface area contributed by atoms with Gasteiger partial charge in [-0.25, -0.2) is 4.98 Å². The minimum Gasteiger partial charge on any atom is -0.355 e. The Labute approximate surface area is 161 Å². The van der Waals surface area contributed by atoms with Crippen LogP contribution in [0.4, 0.5) is 0 Å². The molecule has 0 radical (unpaired) electrons. The first-order valence-electron chi connectivity index (χ1n) is 8.67. The summed E-state index contributed by atoms with van der Waals surface area (Å²) in [5.74, 6) is 1.97. The predicted octanol–water partition coefficient (Wildman–Crippen LogP) is 3.46. The fraction of sp³-hybridized carbons (Fsp3) is 0.556. The molecular weight excluding hydrogens is 413 g/mol. The van der Waals surface area contributed by atoms with Crippen molar-refractivity contribution in [3.05, 3.63) is 30.1 Å². The number of aryl methyl sites for hydroxylation is 1. The maximum absolute atomic E-state index is 4.61. The topological polar surface area (TPSA) is 54.2 Å². The van der Waals surface area contributed by atoms with Gasteiger partial charge in [-0.15, -0.1) is 24.0 Å². The van der Waals surface area contributed by atoms with Crippen LogP contribution in [0.25, 0.3) is 11.0 Å². The van der Waals surface area contributed by atoms with E-state index in [1.807, 2.05) is 13.1 Å². The van der Waals surface area contributed by atoms with Crippen molar-refractivity contribution in [1.29, 1.82) is 0 Å². The van der Waals surface area contributed by atoms with Crippen molar-refractivity contribution in [3.63, 3.8) is 0 Å². The molecule has 0 bridgehead atoms. The summed E-state index contributed by atoms with van der Waals surface area (Å²) in [5, 5.41) is 6.99. The minimum atomic E-state index is 0. The van der Waals surface area contributed by atoms with Gasteiger partial charge < -0.3 is 15.2 Å². The van der Waals surface area contributed by atoms with E-state index in [0.717, 1.165) is 30.4 Å². The standard InChI is InChI=1S/C18H27N5.HI/c1-14-21-16-10-6-7-11-17(16)23(14)13-12-20-18(19-2)22-15-8-4-3-5-9-15;/h6-7,10-11,15H,3-5,8-9,12-13H2,1-2H3,(H2,19,20,22);1H. The van der Waals surface area contributed by atoms with Crippen LogP contribution in [0.2, 0.25) is 0 Å². The zero-order valence-corrected chi connectivity index (χ0v) is 16.9. The molecule has 1 aromatic heterocycles. The third-order valence-electron chi connectivity index (χ3n) is 4.64. The number of hydrogen-bond acceptors (Lipinski definition) is 2. The highest BCUT2D eigenvalue weighted by Gasteiger charge is 2.14. The van der Waals surface area contributed by atoms with Crippen molar-refractivity contribution >= 4 is 41.0 Å². The maximum atomic E-state index is 4.61. The van der Waals surface area contributed by atoms with Crippen LogP contribution in [0.3, 0.4) is 0 Å². The van der Waals surface area contributed by atoms with Crippen molar-refractivity contribution in [2.75, 3.05) is 13.6 Å². The highest BCUT2D eigenvalue weighted by atomic mass is 127. The molecule has 5 nitrogen and oxygen atoms in total. The largest absolute Gasteiger partial charge is 0.355 e. The van der Waals surface area contributed by atoms with Crippen LogP contribution in [0.1, 0.15) is 37.9 Å². The summed E-state index contributed by atoms with van der Waals surface area (Å²) in [6, 6.07) is 8.87. The number of rotatable bonds is 4. The number of nitrogens with one attached hydrogen (secondary N) is 2. The zero-order chi connectivity index (χ0) is 16.1. The molecule has 1 heterocycles. The molecule has 24 heavy (non-hydrogen) atoms. The molecule has 1 saturated carbocycles. The van der Waals surface area contributed by atoms with Gasteiger partial charge in [0, 0.05) is 26.2 Å². The van der Waals surface area contributed by atoms with E-state index in [-0.39, 0.29) is 24.0 Å². The molecule has 1 aliphatic rings. The maximum Gasteiger partial charge on any atom is 0.191 e. The normalized spacial score (nSPS) is 16.0. The zero-order valence-electron chi connectivity index (χ0n) is 14.6. The van der Waals surface area contributed by atoms with E-state index in [4.69, 9.17) is 0 Å². The predicted molar refractivity (Wildman–Crippen MR) is 111 cm³/mol. The molecule has 1 fully saturated rings. The third-order valence-corrected chi connectivity index (χ3v) is 4.64. The number of hydrogen-bond donors (Lipinski definition) is 2. The van der Waals surface area contributed by atoms with Crippen molar-refractivity contribution in [3.8, 4) is 0 Å². The fourth-order valence-electron chi connectivity index (χ4n) is 3.40. The fourth-order valence-corrected chi connectivity index (χ4v) is 3.40. The lowest BCUT2D eigenvalue weighted by molar-refractivity contribution is 0.410. The van der Waals surface area contributed by atoms with Gasteiger partial charge in [-0.05, 0) is 31.9 Å². The Kier molecular flexibility index (Phi) is 7.33. The monoisotopic (exact) mass is 441 g/mol. The molecule has 2 N–H and O–H groups in total. The number of imidazole rings is 1. The van der Waals surface area contributed by atoms with Gasteiger partial charge in [-0.2, -0.15) is 0 Å². The minimum absolute atomic E-state index is 0. The van der Waals surface area contributed by atoms with Crippen molar-refractivity contribution in [2.24, 2.45) is 4.99 Å². The quantitative estimate of drug-likeness (QED) is 0.434. The van der Waals surface area contributed by atoms with Gasteiger partial charge in [0.2, 0.25) is 0 Å². The number of benzene rings is 1. The van der Waals surface area contributed by atoms with Crippen molar-refractivity contribution in [1.82, 2.24) is 20.2 Å². The van der Waals surface area contributed by atoms with E-state index >= 15 is 0 Å². The smallest absolute Gasteiger partial charge is 0.191 e. The molecule has 6 heteroatoms.